The van der Waals surface area contributed by atoms with Gasteiger partial charge in [-0.05, 0) is 50.4 Å². The molecular weight excluding hydrogens is 238 g/mol. The molecule has 1 aromatic rings. The Morgan fingerprint density at radius 1 is 1.47 bits per heavy atom. The third kappa shape index (κ3) is 4.56. The fourth-order valence-electron chi connectivity index (χ4n) is 2.08. The van der Waals surface area contributed by atoms with Crippen LogP contribution in [0.15, 0.2) is 24.3 Å². The molecule has 0 radical (unpaired) electrons. The lowest BCUT2D eigenvalue weighted by atomic mass is 10.2. The maximum atomic E-state index is 11.9. The molecule has 0 unspecified atom stereocenters. The minimum Gasteiger partial charge on any atom is -0.362 e. The van der Waals surface area contributed by atoms with Gasteiger partial charge in [-0.1, -0.05) is 12.1 Å². The van der Waals surface area contributed by atoms with Gasteiger partial charge in [0, 0.05) is 18.3 Å². The predicted molar refractivity (Wildman–Crippen MR) is 78.2 cm³/mol. The second-order valence-corrected chi connectivity index (χ2v) is 5.24. The maximum absolute atomic E-state index is 11.9. The summed E-state index contributed by atoms with van der Waals surface area (Å²) in [6.45, 7) is 3.94. The molecule has 1 aromatic carbocycles. The van der Waals surface area contributed by atoms with Crippen LogP contribution in [0.5, 0.6) is 0 Å². The molecule has 0 heterocycles. The van der Waals surface area contributed by atoms with E-state index in [9.17, 15) is 4.79 Å². The summed E-state index contributed by atoms with van der Waals surface area (Å²) in [7, 11) is 0. The molecule has 1 aliphatic rings. The molecule has 2 rings (SSSR count). The van der Waals surface area contributed by atoms with Crippen LogP contribution < -0.4 is 16.0 Å². The van der Waals surface area contributed by atoms with Crippen LogP contribution in [0.25, 0.3) is 0 Å². The van der Waals surface area contributed by atoms with Gasteiger partial charge in [0.1, 0.15) is 0 Å². The SMILES string of the molecule is Cc1cccc(N(CCCN)CC(=O)NC2CC2)c1. The van der Waals surface area contributed by atoms with E-state index in [1.54, 1.807) is 0 Å². The van der Waals surface area contributed by atoms with Gasteiger partial charge >= 0.3 is 0 Å². The zero-order valence-electron chi connectivity index (χ0n) is 11.6. The highest BCUT2D eigenvalue weighted by Crippen LogP contribution is 2.19. The van der Waals surface area contributed by atoms with Crippen LogP contribution in [0, 0.1) is 6.92 Å². The van der Waals surface area contributed by atoms with E-state index in [1.165, 1.54) is 5.56 Å². The standard InChI is InChI=1S/C15H23N3O/c1-12-4-2-5-14(10-12)18(9-3-8-16)11-15(19)17-13-6-7-13/h2,4-5,10,13H,3,6-9,11,16H2,1H3,(H,17,19). The maximum Gasteiger partial charge on any atom is 0.239 e. The van der Waals surface area contributed by atoms with Crippen molar-refractivity contribution >= 4 is 11.6 Å². The van der Waals surface area contributed by atoms with Gasteiger partial charge in [-0.3, -0.25) is 4.79 Å². The monoisotopic (exact) mass is 261 g/mol. The molecule has 19 heavy (non-hydrogen) atoms. The van der Waals surface area contributed by atoms with Crippen LogP contribution >= 0.6 is 0 Å². The van der Waals surface area contributed by atoms with E-state index in [-0.39, 0.29) is 5.91 Å². The number of hydrogen-bond donors (Lipinski definition) is 2. The van der Waals surface area contributed by atoms with Gasteiger partial charge in [0.2, 0.25) is 5.91 Å². The topological polar surface area (TPSA) is 58.4 Å². The van der Waals surface area contributed by atoms with E-state index in [0.29, 0.717) is 19.1 Å². The first-order valence-electron chi connectivity index (χ1n) is 7.00. The quantitative estimate of drug-likeness (QED) is 0.780. The Labute approximate surface area is 115 Å². The second-order valence-electron chi connectivity index (χ2n) is 5.24. The minimum atomic E-state index is 0.112. The molecule has 1 fully saturated rings. The second kappa shape index (κ2) is 6.57. The van der Waals surface area contributed by atoms with Crippen molar-refractivity contribution in [2.45, 2.75) is 32.2 Å². The van der Waals surface area contributed by atoms with Crippen LogP contribution in [0.2, 0.25) is 0 Å². The van der Waals surface area contributed by atoms with Crippen LogP contribution in [0.3, 0.4) is 0 Å². The number of benzene rings is 1. The molecule has 1 saturated carbocycles. The number of aryl methyl sites for hydroxylation is 1. The first kappa shape index (κ1) is 13.9. The van der Waals surface area contributed by atoms with Crippen molar-refractivity contribution in [1.29, 1.82) is 0 Å². The number of hydrogen-bond acceptors (Lipinski definition) is 3. The highest BCUT2D eigenvalue weighted by Gasteiger charge is 2.24. The molecule has 4 nitrogen and oxygen atoms in total. The minimum absolute atomic E-state index is 0.112. The first-order chi connectivity index (χ1) is 9.19. The van der Waals surface area contributed by atoms with Crippen LogP contribution in [0.1, 0.15) is 24.8 Å². The van der Waals surface area contributed by atoms with Gasteiger partial charge < -0.3 is 16.0 Å². The Hall–Kier alpha value is -1.55. The Bertz CT molecular complexity index is 429. The number of nitrogens with zero attached hydrogens (tertiary/aromatic N) is 1. The zero-order chi connectivity index (χ0) is 13.7. The van der Waals surface area contributed by atoms with Gasteiger partial charge in [0.05, 0.1) is 6.54 Å². The lowest BCUT2D eigenvalue weighted by Gasteiger charge is -2.24. The lowest BCUT2D eigenvalue weighted by molar-refractivity contribution is -0.119. The van der Waals surface area contributed by atoms with Crippen molar-refractivity contribution in [3.05, 3.63) is 29.8 Å². The largest absolute Gasteiger partial charge is 0.362 e. The molecule has 0 aliphatic heterocycles. The number of carbonyl (C=O) groups is 1. The fraction of sp³-hybridized carbons (Fsp3) is 0.533. The molecule has 1 aliphatic carbocycles. The Morgan fingerprint density at radius 3 is 2.89 bits per heavy atom. The lowest BCUT2D eigenvalue weighted by Crippen LogP contribution is -2.39. The number of rotatable bonds is 7. The third-order valence-corrected chi connectivity index (χ3v) is 3.28. The van der Waals surface area contributed by atoms with Crippen molar-refractivity contribution in [2.24, 2.45) is 5.73 Å². The summed E-state index contributed by atoms with van der Waals surface area (Å²) in [6, 6.07) is 8.67. The molecule has 0 atom stereocenters. The molecule has 1 amide bonds. The predicted octanol–water partition coefficient (Wildman–Crippen LogP) is 1.43. The highest BCUT2D eigenvalue weighted by atomic mass is 16.2. The molecule has 0 spiro atoms. The number of nitrogens with one attached hydrogen (secondary N) is 1. The van der Waals surface area contributed by atoms with Gasteiger partial charge in [0.15, 0.2) is 0 Å². The van der Waals surface area contributed by atoms with E-state index >= 15 is 0 Å². The number of carbonyl (C=O) groups excluding carboxylic acids is 1. The zero-order valence-corrected chi connectivity index (χ0v) is 11.6. The van der Waals surface area contributed by atoms with E-state index in [0.717, 1.165) is 31.5 Å². The molecule has 3 N–H and O–H groups in total. The van der Waals surface area contributed by atoms with Crippen molar-refractivity contribution in [2.75, 3.05) is 24.5 Å². The highest BCUT2D eigenvalue weighted by molar-refractivity contribution is 5.81. The van der Waals surface area contributed by atoms with Crippen molar-refractivity contribution in [3.63, 3.8) is 0 Å². The fourth-order valence-corrected chi connectivity index (χ4v) is 2.08. The molecule has 0 saturated heterocycles. The molecule has 4 heteroatoms. The third-order valence-electron chi connectivity index (χ3n) is 3.28. The number of nitrogens with two attached hydrogens (primary N) is 1. The van der Waals surface area contributed by atoms with Crippen molar-refractivity contribution < 1.29 is 4.79 Å². The van der Waals surface area contributed by atoms with E-state index in [4.69, 9.17) is 5.73 Å². The van der Waals surface area contributed by atoms with Crippen molar-refractivity contribution in [1.82, 2.24) is 5.32 Å². The summed E-state index contributed by atoms with van der Waals surface area (Å²) < 4.78 is 0. The first-order valence-corrected chi connectivity index (χ1v) is 7.00. The van der Waals surface area contributed by atoms with Gasteiger partial charge in [-0.2, -0.15) is 0 Å². The Balaban J connectivity index is 1.99. The average Bonchev–Trinajstić information content (AvgIpc) is 3.18. The van der Waals surface area contributed by atoms with Gasteiger partial charge in [0.25, 0.3) is 0 Å². The molecule has 104 valence electrons. The van der Waals surface area contributed by atoms with E-state index in [1.807, 2.05) is 12.1 Å². The smallest absolute Gasteiger partial charge is 0.239 e. The van der Waals surface area contributed by atoms with E-state index in [2.05, 4.69) is 29.3 Å². The van der Waals surface area contributed by atoms with Crippen molar-refractivity contribution in [3.8, 4) is 0 Å². The van der Waals surface area contributed by atoms with Crippen LogP contribution in [0.4, 0.5) is 5.69 Å². The summed E-state index contributed by atoms with van der Waals surface area (Å²) in [5.74, 6) is 0.112. The summed E-state index contributed by atoms with van der Waals surface area (Å²) in [5.41, 5.74) is 7.88. The Morgan fingerprint density at radius 2 is 2.26 bits per heavy atom. The summed E-state index contributed by atoms with van der Waals surface area (Å²) in [6.07, 6.45) is 3.14. The van der Waals surface area contributed by atoms with Crippen LogP contribution in [-0.4, -0.2) is 31.6 Å². The van der Waals surface area contributed by atoms with Crippen LogP contribution in [-0.2, 0) is 4.79 Å². The summed E-state index contributed by atoms with van der Waals surface area (Å²) >= 11 is 0. The molecular formula is C15H23N3O. The number of amides is 1. The molecule has 0 bridgehead atoms. The average molecular weight is 261 g/mol. The normalized spacial score (nSPS) is 14.2. The van der Waals surface area contributed by atoms with E-state index < -0.39 is 0 Å². The molecule has 0 aromatic heterocycles. The van der Waals surface area contributed by atoms with Gasteiger partial charge in [-0.25, -0.2) is 0 Å². The van der Waals surface area contributed by atoms with Gasteiger partial charge in [-0.15, -0.1) is 0 Å². The number of anilines is 1. The summed E-state index contributed by atoms with van der Waals surface area (Å²) in [4.78, 5) is 14.0. The Kier molecular flexibility index (Phi) is 4.80. The summed E-state index contributed by atoms with van der Waals surface area (Å²) in [5, 5.41) is 3.03.